The molecule has 2 N–H and O–H groups in total. The van der Waals surface area contributed by atoms with Crippen LogP contribution in [-0.4, -0.2) is 17.7 Å². The molecule has 0 radical (unpaired) electrons. The number of hydrogen-bond donors (Lipinski definition) is 2. The zero-order valence-electron chi connectivity index (χ0n) is 11.9. The fraction of sp³-hybridized carbons (Fsp3) is 0.625. The molecule has 2 nitrogen and oxygen atoms in total. The SMILES string of the molecule is CCCNC(CCCc1ccc(O)cc1)C(C)C. The average Bonchev–Trinajstić information content (AvgIpc) is 2.35. The lowest BCUT2D eigenvalue weighted by molar-refractivity contribution is 0.370. The molecule has 0 spiro atoms. The van der Waals surface area contributed by atoms with Gasteiger partial charge in [-0.05, 0) is 55.8 Å². The maximum Gasteiger partial charge on any atom is 0.115 e. The maximum absolute atomic E-state index is 9.23. The molecule has 0 saturated carbocycles. The zero-order valence-corrected chi connectivity index (χ0v) is 11.9. The van der Waals surface area contributed by atoms with Crippen LogP contribution in [0.4, 0.5) is 0 Å². The first-order valence-corrected chi connectivity index (χ1v) is 7.14. The molecule has 102 valence electrons. The maximum atomic E-state index is 9.23. The molecule has 2 heteroatoms. The quantitative estimate of drug-likeness (QED) is 0.735. The summed E-state index contributed by atoms with van der Waals surface area (Å²) in [6.45, 7) is 7.89. The lowest BCUT2D eigenvalue weighted by atomic mass is 9.96. The summed E-state index contributed by atoms with van der Waals surface area (Å²) >= 11 is 0. The van der Waals surface area contributed by atoms with Gasteiger partial charge in [-0.2, -0.15) is 0 Å². The van der Waals surface area contributed by atoms with Gasteiger partial charge < -0.3 is 10.4 Å². The summed E-state index contributed by atoms with van der Waals surface area (Å²) in [5, 5.41) is 12.9. The van der Waals surface area contributed by atoms with Crippen LogP contribution in [0.15, 0.2) is 24.3 Å². The predicted molar refractivity (Wildman–Crippen MR) is 78.0 cm³/mol. The third-order valence-electron chi connectivity index (χ3n) is 3.38. The molecule has 18 heavy (non-hydrogen) atoms. The van der Waals surface area contributed by atoms with Crippen LogP contribution in [0.25, 0.3) is 0 Å². The summed E-state index contributed by atoms with van der Waals surface area (Å²) in [6, 6.07) is 8.19. The predicted octanol–water partition coefficient (Wildman–Crippen LogP) is 3.74. The van der Waals surface area contributed by atoms with Crippen molar-refractivity contribution in [1.82, 2.24) is 5.32 Å². The van der Waals surface area contributed by atoms with E-state index in [4.69, 9.17) is 0 Å². The number of benzene rings is 1. The van der Waals surface area contributed by atoms with E-state index < -0.39 is 0 Å². The molecule has 1 unspecified atom stereocenters. The lowest BCUT2D eigenvalue weighted by Gasteiger charge is -2.22. The van der Waals surface area contributed by atoms with Crippen LogP contribution in [0.2, 0.25) is 0 Å². The topological polar surface area (TPSA) is 32.3 Å². The number of phenolic OH excluding ortho intramolecular Hbond substituents is 1. The highest BCUT2D eigenvalue weighted by molar-refractivity contribution is 5.25. The molecule has 1 aromatic rings. The van der Waals surface area contributed by atoms with Gasteiger partial charge in [-0.1, -0.05) is 32.9 Å². The van der Waals surface area contributed by atoms with Crippen LogP contribution in [0.3, 0.4) is 0 Å². The highest BCUT2D eigenvalue weighted by Crippen LogP contribution is 2.14. The molecule has 0 heterocycles. The third kappa shape index (κ3) is 5.54. The van der Waals surface area contributed by atoms with Crippen LogP contribution < -0.4 is 5.32 Å². The second-order valence-electron chi connectivity index (χ2n) is 5.36. The van der Waals surface area contributed by atoms with Gasteiger partial charge in [0.2, 0.25) is 0 Å². The molecule has 1 rings (SSSR count). The fourth-order valence-electron chi connectivity index (χ4n) is 2.19. The normalized spacial score (nSPS) is 12.9. The van der Waals surface area contributed by atoms with E-state index in [1.165, 1.54) is 24.8 Å². The van der Waals surface area contributed by atoms with Gasteiger partial charge in [0.05, 0.1) is 0 Å². The highest BCUT2D eigenvalue weighted by atomic mass is 16.3. The zero-order chi connectivity index (χ0) is 13.4. The van der Waals surface area contributed by atoms with Crippen molar-refractivity contribution in [2.45, 2.75) is 52.5 Å². The summed E-state index contributed by atoms with van der Waals surface area (Å²) in [6.07, 6.45) is 4.71. The van der Waals surface area contributed by atoms with Gasteiger partial charge in [-0.25, -0.2) is 0 Å². The van der Waals surface area contributed by atoms with Crippen LogP contribution in [0, 0.1) is 5.92 Å². The number of nitrogens with one attached hydrogen (secondary N) is 1. The van der Waals surface area contributed by atoms with Crippen molar-refractivity contribution in [1.29, 1.82) is 0 Å². The van der Waals surface area contributed by atoms with Gasteiger partial charge >= 0.3 is 0 Å². The first-order chi connectivity index (χ1) is 8.63. The first kappa shape index (κ1) is 15.0. The largest absolute Gasteiger partial charge is 0.508 e. The molecular weight excluding hydrogens is 222 g/mol. The highest BCUT2D eigenvalue weighted by Gasteiger charge is 2.11. The monoisotopic (exact) mass is 249 g/mol. The number of hydrogen-bond acceptors (Lipinski definition) is 2. The van der Waals surface area contributed by atoms with E-state index in [-0.39, 0.29) is 0 Å². The summed E-state index contributed by atoms with van der Waals surface area (Å²) in [7, 11) is 0. The standard InChI is InChI=1S/C16H27NO/c1-4-12-17-16(13(2)3)7-5-6-14-8-10-15(18)11-9-14/h8-11,13,16-18H,4-7,12H2,1-3H3. The molecule has 1 aromatic carbocycles. The van der Waals surface area contributed by atoms with Crippen LogP contribution in [0.5, 0.6) is 5.75 Å². The number of aryl methyl sites for hydroxylation is 1. The van der Waals surface area contributed by atoms with Crippen LogP contribution >= 0.6 is 0 Å². The molecule has 0 bridgehead atoms. The molecule has 0 aliphatic carbocycles. The molecule has 0 saturated heterocycles. The summed E-state index contributed by atoms with van der Waals surface area (Å²) < 4.78 is 0. The van der Waals surface area contributed by atoms with E-state index in [0.29, 0.717) is 17.7 Å². The second kappa shape index (κ2) is 8.15. The average molecular weight is 249 g/mol. The molecule has 0 aliphatic heterocycles. The van der Waals surface area contributed by atoms with E-state index in [2.05, 4.69) is 26.1 Å². The Kier molecular flexibility index (Phi) is 6.81. The van der Waals surface area contributed by atoms with Crippen LogP contribution in [0.1, 0.15) is 45.6 Å². The Morgan fingerprint density at radius 1 is 1.17 bits per heavy atom. The summed E-state index contributed by atoms with van der Waals surface area (Å²) in [5.74, 6) is 1.04. The van der Waals surface area contributed by atoms with Gasteiger partial charge in [0, 0.05) is 6.04 Å². The Morgan fingerprint density at radius 3 is 2.39 bits per heavy atom. The van der Waals surface area contributed by atoms with Crippen molar-refractivity contribution >= 4 is 0 Å². The number of aromatic hydroxyl groups is 1. The van der Waals surface area contributed by atoms with Crippen LogP contribution in [-0.2, 0) is 6.42 Å². The minimum atomic E-state index is 0.350. The van der Waals surface area contributed by atoms with E-state index >= 15 is 0 Å². The van der Waals surface area contributed by atoms with Crippen molar-refractivity contribution in [2.24, 2.45) is 5.92 Å². The first-order valence-electron chi connectivity index (χ1n) is 7.14. The van der Waals surface area contributed by atoms with Gasteiger partial charge in [0.15, 0.2) is 0 Å². The van der Waals surface area contributed by atoms with E-state index in [0.717, 1.165) is 13.0 Å². The van der Waals surface area contributed by atoms with Gasteiger partial charge in [0.25, 0.3) is 0 Å². The minimum Gasteiger partial charge on any atom is -0.508 e. The molecular formula is C16H27NO. The van der Waals surface area contributed by atoms with Gasteiger partial charge in [-0.15, -0.1) is 0 Å². The van der Waals surface area contributed by atoms with Gasteiger partial charge in [0.1, 0.15) is 5.75 Å². The lowest BCUT2D eigenvalue weighted by Crippen LogP contribution is -2.34. The molecule has 0 amide bonds. The summed E-state index contributed by atoms with van der Waals surface area (Å²) in [4.78, 5) is 0. The van der Waals surface area contributed by atoms with Crippen molar-refractivity contribution in [3.8, 4) is 5.75 Å². The molecule has 0 aliphatic rings. The Hall–Kier alpha value is -1.02. The Morgan fingerprint density at radius 2 is 1.83 bits per heavy atom. The molecule has 0 fully saturated rings. The third-order valence-corrected chi connectivity index (χ3v) is 3.38. The van der Waals surface area contributed by atoms with E-state index in [1.54, 1.807) is 12.1 Å². The van der Waals surface area contributed by atoms with Crippen molar-refractivity contribution in [3.05, 3.63) is 29.8 Å². The van der Waals surface area contributed by atoms with Crippen molar-refractivity contribution in [3.63, 3.8) is 0 Å². The Labute approximate surface area is 111 Å². The molecule has 0 aromatic heterocycles. The van der Waals surface area contributed by atoms with E-state index in [1.807, 2.05) is 12.1 Å². The van der Waals surface area contributed by atoms with Gasteiger partial charge in [-0.3, -0.25) is 0 Å². The number of phenols is 1. The minimum absolute atomic E-state index is 0.350. The van der Waals surface area contributed by atoms with Crippen molar-refractivity contribution in [2.75, 3.05) is 6.54 Å². The fourth-order valence-corrected chi connectivity index (χ4v) is 2.19. The molecule has 1 atom stereocenters. The van der Waals surface area contributed by atoms with E-state index in [9.17, 15) is 5.11 Å². The Bertz CT molecular complexity index is 318. The number of rotatable bonds is 8. The van der Waals surface area contributed by atoms with Crippen molar-refractivity contribution < 1.29 is 5.11 Å². The smallest absolute Gasteiger partial charge is 0.115 e. The second-order valence-corrected chi connectivity index (χ2v) is 5.36. The summed E-state index contributed by atoms with van der Waals surface area (Å²) in [5.41, 5.74) is 1.31. The Balaban J connectivity index is 2.31.